The van der Waals surface area contributed by atoms with Crippen LogP contribution in [-0.2, 0) is 6.42 Å². The van der Waals surface area contributed by atoms with E-state index in [4.69, 9.17) is 0 Å². The topological polar surface area (TPSA) is 63.5 Å². The molecule has 1 heterocycles. The van der Waals surface area contributed by atoms with Crippen LogP contribution in [0, 0.1) is 10.1 Å². The van der Waals surface area contributed by atoms with Crippen LogP contribution in [0.25, 0.3) is 11.1 Å². The van der Waals surface area contributed by atoms with Gasteiger partial charge in [0.05, 0.1) is 10.6 Å². The Morgan fingerprint density at radius 3 is 2.31 bits per heavy atom. The number of anilines is 1. The van der Waals surface area contributed by atoms with Crippen molar-refractivity contribution in [3.8, 4) is 11.1 Å². The van der Waals surface area contributed by atoms with E-state index in [1.165, 1.54) is 12.1 Å². The first-order valence-electron chi connectivity index (χ1n) is 8.38. The van der Waals surface area contributed by atoms with Gasteiger partial charge in [-0.2, -0.15) is 0 Å². The normalized spacial score (nSPS) is 12.7. The first-order valence-corrected chi connectivity index (χ1v) is 8.38. The second-order valence-corrected chi connectivity index (χ2v) is 6.22. The molecule has 0 saturated carbocycles. The summed E-state index contributed by atoms with van der Waals surface area (Å²) in [5.74, 6) is -0.135. The van der Waals surface area contributed by atoms with Gasteiger partial charge in [-0.3, -0.25) is 14.9 Å². The van der Waals surface area contributed by atoms with Crippen molar-refractivity contribution in [1.29, 1.82) is 0 Å². The van der Waals surface area contributed by atoms with Crippen LogP contribution in [0.15, 0.2) is 72.8 Å². The predicted molar refractivity (Wildman–Crippen MR) is 100 cm³/mol. The Bertz CT molecular complexity index is 982. The molecule has 3 aromatic carbocycles. The van der Waals surface area contributed by atoms with Gasteiger partial charge >= 0.3 is 0 Å². The van der Waals surface area contributed by atoms with Crippen LogP contribution in [0.4, 0.5) is 11.4 Å². The molecule has 128 valence electrons. The maximum absolute atomic E-state index is 12.9. The smallest absolute Gasteiger partial charge is 0.271 e. The van der Waals surface area contributed by atoms with Gasteiger partial charge in [0.15, 0.2) is 0 Å². The van der Waals surface area contributed by atoms with E-state index in [0.717, 1.165) is 16.7 Å². The molecule has 26 heavy (non-hydrogen) atoms. The quantitative estimate of drug-likeness (QED) is 0.520. The molecule has 0 unspecified atom stereocenters. The Hall–Kier alpha value is -3.47. The molecular weight excluding hydrogens is 328 g/mol. The monoisotopic (exact) mass is 344 g/mol. The zero-order valence-electron chi connectivity index (χ0n) is 14.0. The molecule has 5 nitrogen and oxygen atoms in total. The second-order valence-electron chi connectivity index (χ2n) is 6.22. The lowest BCUT2D eigenvalue weighted by atomic mass is 10.0. The molecule has 0 radical (unpaired) electrons. The number of hydrogen-bond donors (Lipinski definition) is 0. The van der Waals surface area contributed by atoms with Crippen LogP contribution in [0.2, 0.25) is 0 Å². The highest BCUT2D eigenvalue weighted by molar-refractivity contribution is 6.07. The number of amides is 1. The van der Waals surface area contributed by atoms with Crippen molar-refractivity contribution in [3.05, 3.63) is 94.0 Å². The van der Waals surface area contributed by atoms with Gasteiger partial charge in [0.1, 0.15) is 0 Å². The van der Waals surface area contributed by atoms with Crippen LogP contribution in [0.1, 0.15) is 15.9 Å². The van der Waals surface area contributed by atoms with Gasteiger partial charge in [0.25, 0.3) is 11.6 Å². The zero-order chi connectivity index (χ0) is 18.1. The number of rotatable bonds is 3. The van der Waals surface area contributed by atoms with Crippen molar-refractivity contribution in [3.63, 3.8) is 0 Å². The lowest BCUT2D eigenvalue weighted by Gasteiger charge is -2.17. The second kappa shape index (κ2) is 6.44. The molecule has 1 aliphatic heterocycles. The van der Waals surface area contributed by atoms with E-state index in [9.17, 15) is 14.9 Å². The van der Waals surface area contributed by atoms with Gasteiger partial charge in [-0.15, -0.1) is 0 Å². The molecule has 3 aromatic rings. The number of non-ortho nitro benzene ring substituents is 1. The highest BCUT2D eigenvalue weighted by Crippen LogP contribution is 2.33. The van der Waals surface area contributed by atoms with Gasteiger partial charge in [0.2, 0.25) is 0 Å². The number of carbonyl (C=O) groups is 1. The van der Waals surface area contributed by atoms with Crippen molar-refractivity contribution < 1.29 is 9.72 Å². The fourth-order valence-corrected chi connectivity index (χ4v) is 3.28. The van der Waals surface area contributed by atoms with Gasteiger partial charge in [-0.25, -0.2) is 0 Å². The van der Waals surface area contributed by atoms with Gasteiger partial charge in [-0.05, 0) is 35.2 Å². The summed E-state index contributed by atoms with van der Waals surface area (Å²) in [7, 11) is 0. The van der Waals surface area contributed by atoms with Crippen LogP contribution in [-0.4, -0.2) is 17.4 Å². The molecule has 1 amide bonds. The van der Waals surface area contributed by atoms with Gasteiger partial charge < -0.3 is 4.90 Å². The highest BCUT2D eigenvalue weighted by atomic mass is 16.6. The third kappa shape index (κ3) is 2.84. The summed E-state index contributed by atoms with van der Waals surface area (Å²) in [5, 5.41) is 11.0. The Morgan fingerprint density at radius 1 is 0.923 bits per heavy atom. The summed E-state index contributed by atoms with van der Waals surface area (Å²) in [6, 6.07) is 22.1. The maximum Gasteiger partial charge on any atom is 0.271 e. The Labute approximate surface area is 150 Å². The molecule has 0 atom stereocenters. The zero-order valence-corrected chi connectivity index (χ0v) is 14.0. The van der Waals surface area contributed by atoms with E-state index in [0.29, 0.717) is 24.2 Å². The standard InChI is InChI=1S/C21H16N2O3/c24-21(18-8-6-16(7-9-18)15-4-2-1-3-5-15)22-13-12-17-10-11-19(23(25)26)14-20(17)22/h1-11,14H,12-13H2. The number of nitro benzene ring substituents is 1. The number of fused-ring (bicyclic) bond motifs is 1. The largest absolute Gasteiger partial charge is 0.308 e. The number of benzene rings is 3. The van der Waals surface area contributed by atoms with Crippen LogP contribution >= 0.6 is 0 Å². The molecular formula is C21H16N2O3. The average Bonchev–Trinajstić information content (AvgIpc) is 3.11. The molecule has 4 rings (SSSR count). The number of hydrogen-bond acceptors (Lipinski definition) is 3. The third-order valence-corrected chi connectivity index (χ3v) is 4.66. The van der Waals surface area contributed by atoms with Crippen molar-refractivity contribution in [2.75, 3.05) is 11.4 Å². The summed E-state index contributed by atoms with van der Waals surface area (Å²) in [5.41, 5.74) is 4.31. The molecule has 0 aliphatic carbocycles. The fraction of sp³-hybridized carbons (Fsp3) is 0.0952. The van der Waals surface area contributed by atoms with Crippen LogP contribution in [0.3, 0.4) is 0 Å². The summed E-state index contributed by atoms with van der Waals surface area (Å²) < 4.78 is 0. The molecule has 0 bridgehead atoms. The van der Waals surface area contributed by atoms with Crippen molar-refractivity contribution >= 4 is 17.3 Å². The minimum absolute atomic E-state index is 0.00266. The molecule has 1 aliphatic rings. The fourth-order valence-electron chi connectivity index (χ4n) is 3.28. The molecule has 0 fully saturated rings. The van der Waals surface area contributed by atoms with E-state index in [-0.39, 0.29) is 11.6 Å². The maximum atomic E-state index is 12.9. The van der Waals surface area contributed by atoms with E-state index in [2.05, 4.69) is 0 Å². The molecule has 0 saturated heterocycles. The van der Waals surface area contributed by atoms with Crippen molar-refractivity contribution in [2.24, 2.45) is 0 Å². The molecule has 0 N–H and O–H groups in total. The first-order chi connectivity index (χ1) is 12.6. The minimum Gasteiger partial charge on any atom is -0.308 e. The average molecular weight is 344 g/mol. The summed E-state index contributed by atoms with van der Waals surface area (Å²) in [4.78, 5) is 25.1. The van der Waals surface area contributed by atoms with E-state index < -0.39 is 4.92 Å². The Balaban J connectivity index is 1.62. The van der Waals surface area contributed by atoms with Crippen LogP contribution < -0.4 is 4.90 Å². The van der Waals surface area contributed by atoms with Gasteiger partial charge in [-0.1, -0.05) is 48.5 Å². The lowest BCUT2D eigenvalue weighted by molar-refractivity contribution is -0.384. The molecule has 5 heteroatoms. The molecule has 0 spiro atoms. The lowest BCUT2D eigenvalue weighted by Crippen LogP contribution is -2.28. The van der Waals surface area contributed by atoms with E-state index in [1.54, 1.807) is 23.1 Å². The summed E-state index contributed by atoms with van der Waals surface area (Å²) in [6.45, 7) is 0.537. The minimum atomic E-state index is -0.435. The summed E-state index contributed by atoms with van der Waals surface area (Å²) in [6.07, 6.45) is 0.709. The number of carbonyl (C=O) groups excluding carboxylic acids is 1. The van der Waals surface area contributed by atoms with Crippen molar-refractivity contribution in [1.82, 2.24) is 0 Å². The Kier molecular flexibility index (Phi) is 3.97. The highest BCUT2D eigenvalue weighted by Gasteiger charge is 2.27. The first kappa shape index (κ1) is 16.0. The van der Waals surface area contributed by atoms with Crippen molar-refractivity contribution in [2.45, 2.75) is 6.42 Å². The molecule has 0 aromatic heterocycles. The van der Waals surface area contributed by atoms with Gasteiger partial charge in [0, 0.05) is 24.2 Å². The third-order valence-electron chi connectivity index (χ3n) is 4.66. The number of nitro groups is 1. The predicted octanol–water partition coefficient (Wildman–Crippen LogP) is 4.46. The Morgan fingerprint density at radius 2 is 1.62 bits per heavy atom. The van der Waals surface area contributed by atoms with E-state index >= 15 is 0 Å². The summed E-state index contributed by atoms with van der Waals surface area (Å²) >= 11 is 0. The van der Waals surface area contributed by atoms with E-state index in [1.807, 2.05) is 42.5 Å². The van der Waals surface area contributed by atoms with Crippen LogP contribution in [0.5, 0.6) is 0 Å². The number of nitrogens with zero attached hydrogens (tertiary/aromatic N) is 2. The SMILES string of the molecule is O=C(c1ccc(-c2ccccc2)cc1)N1CCc2ccc([N+](=O)[O-])cc21.